The molecule has 6 heteroatoms. The number of amides is 1. The van der Waals surface area contributed by atoms with Crippen molar-refractivity contribution in [1.29, 1.82) is 0 Å². The topological polar surface area (TPSA) is 110 Å². The fourth-order valence-electron chi connectivity index (χ4n) is 10.2. The van der Waals surface area contributed by atoms with Gasteiger partial charge in [0.25, 0.3) is 0 Å². The molecule has 0 saturated carbocycles. The van der Waals surface area contributed by atoms with Crippen LogP contribution < -0.4 is 5.32 Å². The van der Waals surface area contributed by atoms with Crippen LogP contribution >= 0.6 is 0 Å². The highest BCUT2D eigenvalue weighted by Crippen LogP contribution is 2.19. The van der Waals surface area contributed by atoms with Gasteiger partial charge in [0.15, 0.2) is 0 Å². The minimum atomic E-state index is -1.29. The van der Waals surface area contributed by atoms with Crippen molar-refractivity contribution in [3.8, 4) is 0 Å². The zero-order chi connectivity index (χ0) is 50.9. The molecule has 0 radical (unpaired) electrons. The average molecular weight is 989 g/mol. The summed E-state index contributed by atoms with van der Waals surface area (Å²) in [6.07, 6.45) is 72.8. The van der Waals surface area contributed by atoms with Crippen molar-refractivity contribution in [3.63, 3.8) is 0 Å². The minimum absolute atomic E-state index is 0.365. The van der Waals surface area contributed by atoms with Crippen molar-refractivity contribution in [2.24, 2.45) is 0 Å². The number of hydrogen-bond donors (Lipinski definition) is 5. The molecule has 0 aliphatic carbocycles. The molecule has 0 bridgehead atoms. The Morgan fingerprint density at radius 1 is 0.343 bits per heavy atom. The lowest BCUT2D eigenvalue weighted by Crippen LogP contribution is -2.53. The highest BCUT2D eigenvalue weighted by molar-refractivity contribution is 5.80. The summed E-state index contributed by atoms with van der Waals surface area (Å²) in [5.41, 5.74) is 0. The Morgan fingerprint density at radius 3 is 0.900 bits per heavy atom. The number of hydrogen-bond acceptors (Lipinski definition) is 5. The third-order valence-electron chi connectivity index (χ3n) is 15.1. The molecule has 0 aromatic rings. The zero-order valence-corrected chi connectivity index (χ0v) is 47.3. The maximum absolute atomic E-state index is 12.6. The zero-order valence-electron chi connectivity index (χ0n) is 47.3. The summed E-state index contributed by atoms with van der Waals surface area (Å²) < 4.78 is 0. The number of carbonyl (C=O) groups excluding carboxylic acids is 1. The molecule has 0 aromatic carbocycles. The van der Waals surface area contributed by atoms with Crippen LogP contribution in [0.15, 0.2) is 24.3 Å². The van der Waals surface area contributed by atoms with Gasteiger partial charge in [0.1, 0.15) is 12.2 Å². The minimum Gasteiger partial charge on any atom is -0.394 e. The van der Waals surface area contributed by atoms with E-state index in [0.717, 1.165) is 38.5 Å². The molecule has 70 heavy (non-hydrogen) atoms. The highest BCUT2D eigenvalue weighted by Gasteiger charge is 2.28. The number of allylic oxidation sites excluding steroid dienone is 4. The maximum Gasteiger partial charge on any atom is 0.249 e. The lowest BCUT2D eigenvalue weighted by atomic mass is 10.00. The maximum atomic E-state index is 12.6. The summed E-state index contributed by atoms with van der Waals surface area (Å²) in [7, 11) is 0. The third kappa shape index (κ3) is 51.7. The molecular formula is C64H125NO5. The van der Waals surface area contributed by atoms with E-state index in [1.165, 1.54) is 276 Å². The van der Waals surface area contributed by atoms with Gasteiger partial charge >= 0.3 is 0 Å². The van der Waals surface area contributed by atoms with Crippen LogP contribution in [0.5, 0.6) is 0 Å². The highest BCUT2D eigenvalue weighted by atomic mass is 16.3. The number of aliphatic hydroxyl groups excluding tert-OH is 4. The van der Waals surface area contributed by atoms with Crippen LogP contribution in [0.4, 0.5) is 0 Å². The van der Waals surface area contributed by atoms with Gasteiger partial charge in [-0.25, -0.2) is 0 Å². The summed E-state index contributed by atoms with van der Waals surface area (Å²) in [5.74, 6) is -0.590. The van der Waals surface area contributed by atoms with Crippen molar-refractivity contribution >= 4 is 5.91 Å². The molecule has 0 rings (SSSR count). The Bertz CT molecular complexity index is 1060. The van der Waals surface area contributed by atoms with Gasteiger partial charge in [-0.15, -0.1) is 0 Å². The second-order valence-corrected chi connectivity index (χ2v) is 22.1. The van der Waals surface area contributed by atoms with Crippen molar-refractivity contribution in [2.45, 2.75) is 372 Å². The molecule has 0 spiro atoms. The normalized spacial score (nSPS) is 13.7. The van der Waals surface area contributed by atoms with E-state index in [9.17, 15) is 25.2 Å². The molecule has 0 fully saturated rings. The van der Waals surface area contributed by atoms with E-state index < -0.39 is 36.9 Å². The smallest absolute Gasteiger partial charge is 0.249 e. The Labute approximate surface area is 437 Å². The van der Waals surface area contributed by atoms with E-state index in [-0.39, 0.29) is 0 Å². The lowest BCUT2D eigenvalue weighted by molar-refractivity contribution is -0.132. The van der Waals surface area contributed by atoms with E-state index in [1.807, 2.05) is 0 Å². The van der Waals surface area contributed by atoms with Crippen LogP contribution in [0.25, 0.3) is 0 Å². The molecule has 0 aliphatic rings. The van der Waals surface area contributed by atoms with Crippen LogP contribution in [-0.2, 0) is 4.79 Å². The van der Waals surface area contributed by atoms with Gasteiger partial charge in [-0.3, -0.25) is 4.79 Å². The largest absolute Gasteiger partial charge is 0.394 e. The molecule has 6 nitrogen and oxygen atoms in total. The molecule has 5 N–H and O–H groups in total. The molecule has 416 valence electrons. The molecular weight excluding hydrogens is 863 g/mol. The first-order chi connectivity index (χ1) is 34.5. The first kappa shape index (κ1) is 68.8. The van der Waals surface area contributed by atoms with E-state index >= 15 is 0 Å². The van der Waals surface area contributed by atoms with Gasteiger partial charge in [-0.05, 0) is 51.4 Å². The second kappa shape index (κ2) is 58.7. The van der Waals surface area contributed by atoms with Crippen LogP contribution in [0.3, 0.4) is 0 Å². The van der Waals surface area contributed by atoms with Crippen molar-refractivity contribution in [1.82, 2.24) is 5.32 Å². The van der Waals surface area contributed by atoms with Crippen molar-refractivity contribution in [2.75, 3.05) is 6.61 Å². The monoisotopic (exact) mass is 988 g/mol. The molecule has 0 aromatic heterocycles. The standard InChI is InChI=1S/C64H125NO5/c1-3-5-7-9-11-13-15-17-19-21-23-25-27-29-30-31-32-34-35-37-39-41-43-45-47-49-51-53-55-57-61(67)63(69)60(59-66)65-64(70)62(68)58-56-54-52-50-48-46-44-42-40-38-36-33-28-26-24-22-20-18-16-14-12-10-8-6-4-2/h41,43,49,51,60-63,66-69H,3-40,42,44-48,50,52-59H2,1-2H3,(H,65,70)/b43-41+,51-49+. The van der Waals surface area contributed by atoms with E-state index in [0.29, 0.717) is 19.3 Å². The van der Waals surface area contributed by atoms with Crippen LogP contribution in [0.2, 0.25) is 0 Å². The Hall–Kier alpha value is -1.21. The summed E-state index contributed by atoms with van der Waals surface area (Å²) >= 11 is 0. The van der Waals surface area contributed by atoms with Gasteiger partial charge in [0.2, 0.25) is 5.91 Å². The molecule has 1 amide bonds. The first-order valence-corrected chi connectivity index (χ1v) is 31.7. The molecule has 0 heterocycles. The predicted molar refractivity (Wildman–Crippen MR) is 307 cm³/mol. The second-order valence-electron chi connectivity index (χ2n) is 22.1. The number of unbranched alkanes of at least 4 members (excludes halogenated alkanes) is 46. The van der Waals surface area contributed by atoms with E-state index in [2.05, 4.69) is 43.5 Å². The quantitative estimate of drug-likeness (QED) is 0.0308. The number of carbonyl (C=O) groups is 1. The summed E-state index contributed by atoms with van der Waals surface area (Å²) in [6.45, 7) is 4.09. The van der Waals surface area contributed by atoms with Gasteiger partial charge in [-0.1, -0.05) is 321 Å². The Kier molecular flexibility index (Phi) is 57.7. The van der Waals surface area contributed by atoms with E-state index in [4.69, 9.17) is 0 Å². The molecule has 0 aliphatic heterocycles. The van der Waals surface area contributed by atoms with Crippen LogP contribution in [0.1, 0.15) is 348 Å². The van der Waals surface area contributed by atoms with Gasteiger partial charge in [0.05, 0.1) is 18.8 Å². The number of nitrogens with one attached hydrogen (secondary N) is 1. The Morgan fingerprint density at radius 2 is 0.600 bits per heavy atom. The van der Waals surface area contributed by atoms with Crippen molar-refractivity contribution < 1.29 is 25.2 Å². The van der Waals surface area contributed by atoms with E-state index in [1.54, 1.807) is 0 Å². The Balaban J connectivity index is 3.62. The van der Waals surface area contributed by atoms with Crippen LogP contribution in [-0.4, -0.2) is 57.3 Å². The number of aliphatic hydroxyl groups is 4. The summed E-state index contributed by atoms with van der Waals surface area (Å²) in [4.78, 5) is 12.6. The van der Waals surface area contributed by atoms with Gasteiger partial charge < -0.3 is 25.7 Å². The molecule has 4 unspecified atom stereocenters. The summed E-state index contributed by atoms with van der Waals surface area (Å²) in [5, 5.41) is 44.1. The SMILES string of the molecule is CCCCCCCCCCCCCCCCCCCCCC/C=C/CC/C=C/CCCC(O)C(O)C(CO)NC(=O)C(O)CCCCCCCCCCCCCCCCCCCCCCCCCCC. The van der Waals surface area contributed by atoms with Crippen molar-refractivity contribution in [3.05, 3.63) is 24.3 Å². The third-order valence-corrected chi connectivity index (χ3v) is 15.1. The molecule has 0 saturated heterocycles. The lowest BCUT2D eigenvalue weighted by Gasteiger charge is -2.27. The fourth-order valence-corrected chi connectivity index (χ4v) is 10.2. The van der Waals surface area contributed by atoms with Gasteiger partial charge in [-0.2, -0.15) is 0 Å². The first-order valence-electron chi connectivity index (χ1n) is 31.7. The summed E-state index contributed by atoms with van der Waals surface area (Å²) in [6, 6.07) is -1.01. The molecule has 4 atom stereocenters. The average Bonchev–Trinajstić information content (AvgIpc) is 3.36. The predicted octanol–water partition coefficient (Wildman–Crippen LogP) is 19.0. The number of rotatable bonds is 59. The fraction of sp³-hybridized carbons (Fsp3) is 0.922. The van der Waals surface area contributed by atoms with Gasteiger partial charge in [0, 0.05) is 0 Å². The van der Waals surface area contributed by atoms with Crippen LogP contribution in [0, 0.1) is 0 Å².